The maximum Gasteiger partial charge on any atom is 0.318 e. The van der Waals surface area contributed by atoms with Crippen molar-refractivity contribution in [1.82, 2.24) is 10.3 Å². The molecule has 0 unspecified atom stereocenters. The van der Waals surface area contributed by atoms with E-state index in [0.717, 1.165) is 10.7 Å². The van der Waals surface area contributed by atoms with Crippen molar-refractivity contribution in [1.29, 1.82) is 0 Å². The molecule has 6 nitrogen and oxygen atoms in total. The highest BCUT2D eigenvalue weighted by Crippen LogP contribution is 2.16. The minimum absolute atomic E-state index is 0.141. The van der Waals surface area contributed by atoms with Crippen LogP contribution in [-0.2, 0) is 11.2 Å². The Morgan fingerprint density at radius 2 is 1.95 bits per heavy atom. The van der Waals surface area contributed by atoms with E-state index in [9.17, 15) is 9.59 Å². The number of rotatable bonds is 4. The Balaban J connectivity index is 1.97. The molecule has 1 aromatic heterocycles. The molecule has 2 aromatic rings. The maximum absolute atomic E-state index is 11.9. The number of anilines is 2. The molecular weight excluding hydrogens is 288 g/mol. The lowest BCUT2D eigenvalue weighted by Crippen LogP contribution is -2.24. The fourth-order valence-corrected chi connectivity index (χ4v) is 2.34. The van der Waals surface area contributed by atoms with Crippen LogP contribution in [0.2, 0.25) is 0 Å². The van der Waals surface area contributed by atoms with Gasteiger partial charge in [0.25, 0.3) is 0 Å². The van der Waals surface area contributed by atoms with Gasteiger partial charge in [-0.3, -0.25) is 4.79 Å². The first-order valence-electron chi connectivity index (χ1n) is 6.36. The summed E-state index contributed by atoms with van der Waals surface area (Å²) >= 11 is 1.52. The van der Waals surface area contributed by atoms with Crippen LogP contribution in [0.4, 0.5) is 16.2 Å². The Labute approximate surface area is 126 Å². The largest absolute Gasteiger partial charge is 0.341 e. The van der Waals surface area contributed by atoms with Gasteiger partial charge in [-0.15, -0.1) is 11.3 Å². The number of hydrogen-bond acceptors (Lipinski definition) is 4. The van der Waals surface area contributed by atoms with E-state index < -0.39 is 0 Å². The van der Waals surface area contributed by atoms with Gasteiger partial charge in [0.2, 0.25) is 5.91 Å². The van der Waals surface area contributed by atoms with Gasteiger partial charge in [-0.25, -0.2) is 9.78 Å². The summed E-state index contributed by atoms with van der Waals surface area (Å²) in [6.45, 7) is 1.90. The molecule has 0 spiro atoms. The van der Waals surface area contributed by atoms with Crippen LogP contribution in [0.3, 0.4) is 0 Å². The molecule has 0 fully saturated rings. The standard InChI is InChI=1S/C14H16N4O2S/c1-9-16-12(8-21-9)7-13(19)17-10-4-3-5-11(6-10)18-14(20)15-2/h3-6,8H,7H2,1-2H3,(H,17,19)(H2,15,18,20). The number of aryl methyl sites for hydroxylation is 1. The van der Waals surface area contributed by atoms with Gasteiger partial charge in [0.15, 0.2) is 0 Å². The molecule has 0 aliphatic carbocycles. The second kappa shape index (κ2) is 6.85. The number of thiazole rings is 1. The first-order chi connectivity index (χ1) is 10.1. The van der Waals surface area contributed by atoms with E-state index in [0.29, 0.717) is 11.4 Å². The third-order valence-electron chi connectivity index (χ3n) is 2.64. The Hall–Kier alpha value is -2.41. The molecule has 0 radical (unpaired) electrons. The van der Waals surface area contributed by atoms with Gasteiger partial charge < -0.3 is 16.0 Å². The number of amides is 3. The summed E-state index contributed by atoms with van der Waals surface area (Å²) in [7, 11) is 1.54. The second-order valence-electron chi connectivity index (χ2n) is 4.37. The van der Waals surface area contributed by atoms with Gasteiger partial charge in [0, 0.05) is 23.8 Å². The average molecular weight is 304 g/mol. The van der Waals surface area contributed by atoms with Crippen LogP contribution in [0.25, 0.3) is 0 Å². The third kappa shape index (κ3) is 4.57. The van der Waals surface area contributed by atoms with E-state index in [1.54, 1.807) is 24.3 Å². The lowest BCUT2D eigenvalue weighted by molar-refractivity contribution is -0.115. The normalized spacial score (nSPS) is 10.0. The molecule has 21 heavy (non-hydrogen) atoms. The van der Waals surface area contributed by atoms with Gasteiger partial charge in [-0.2, -0.15) is 0 Å². The van der Waals surface area contributed by atoms with Crippen LogP contribution in [-0.4, -0.2) is 24.0 Å². The summed E-state index contributed by atoms with van der Waals surface area (Å²) in [5.41, 5.74) is 1.99. The van der Waals surface area contributed by atoms with Crippen molar-refractivity contribution in [3.63, 3.8) is 0 Å². The zero-order valence-corrected chi connectivity index (χ0v) is 12.6. The molecule has 1 heterocycles. The molecule has 0 bridgehead atoms. The van der Waals surface area contributed by atoms with Crippen molar-refractivity contribution in [2.24, 2.45) is 0 Å². The monoisotopic (exact) mass is 304 g/mol. The summed E-state index contributed by atoms with van der Waals surface area (Å²) in [6, 6.07) is 6.65. The van der Waals surface area contributed by atoms with Gasteiger partial charge in [-0.1, -0.05) is 6.07 Å². The van der Waals surface area contributed by atoms with Crippen molar-refractivity contribution in [2.75, 3.05) is 17.7 Å². The van der Waals surface area contributed by atoms with Crippen molar-refractivity contribution in [2.45, 2.75) is 13.3 Å². The van der Waals surface area contributed by atoms with Crippen LogP contribution < -0.4 is 16.0 Å². The van der Waals surface area contributed by atoms with E-state index in [4.69, 9.17) is 0 Å². The van der Waals surface area contributed by atoms with E-state index in [2.05, 4.69) is 20.9 Å². The topological polar surface area (TPSA) is 83.1 Å². The van der Waals surface area contributed by atoms with Gasteiger partial charge >= 0.3 is 6.03 Å². The molecular formula is C14H16N4O2S. The van der Waals surface area contributed by atoms with Gasteiger partial charge in [0.1, 0.15) is 0 Å². The molecule has 3 amide bonds. The van der Waals surface area contributed by atoms with Crippen LogP contribution in [0.5, 0.6) is 0 Å². The van der Waals surface area contributed by atoms with E-state index in [1.807, 2.05) is 12.3 Å². The quantitative estimate of drug-likeness (QED) is 0.811. The van der Waals surface area contributed by atoms with Crippen molar-refractivity contribution in [3.8, 4) is 0 Å². The summed E-state index contributed by atoms with van der Waals surface area (Å²) in [6.07, 6.45) is 0.234. The number of urea groups is 1. The van der Waals surface area contributed by atoms with Crippen molar-refractivity contribution < 1.29 is 9.59 Å². The number of carbonyl (C=O) groups excluding carboxylic acids is 2. The first kappa shape index (κ1) is 15.0. The molecule has 0 aliphatic rings. The summed E-state index contributed by atoms with van der Waals surface area (Å²) in [5, 5.41) is 10.7. The fourth-order valence-electron chi connectivity index (χ4n) is 1.73. The average Bonchev–Trinajstić information content (AvgIpc) is 2.84. The minimum Gasteiger partial charge on any atom is -0.341 e. The lowest BCUT2D eigenvalue weighted by atomic mass is 10.2. The molecule has 0 saturated carbocycles. The minimum atomic E-state index is -0.309. The number of aromatic nitrogens is 1. The number of nitrogens with one attached hydrogen (secondary N) is 3. The predicted octanol–water partition coefficient (Wildman–Crippen LogP) is 2.38. The molecule has 2 rings (SSSR count). The number of nitrogens with zero attached hydrogens (tertiary/aromatic N) is 1. The van der Waals surface area contributed by atoms with Crippen LogP contribution in [0.1, 0.15) is 10.7 Å². The van der Waals surface area contributed by atoms with Gasteiger partial charge in [0.05, 0.1) is 17.1 Å². The third-order valence-corrected chi connectivity index (χ3v) is 3.46. The number of hydrogen-bond donors (Lipinski definition) is 3. The molecule has 0 atom stereocenters. The van der Waals surface area contributed by atoms with Crippen molar-refractivity contribution in [3.05, 3.63) is 40.3 Å². The second-order valence-corrected chi connectivity index (χ2v) is 5.43. The Morgan fingerprint density at radius 3 is 2.57 bits per heavy atom. The zero-order chi connectivity index (χ0) is 15.2. The van der Waals surface area contributed by atoms with Crippen LogP contribution >= 0.6 is 11.3 Å². The molecule has 110 valence electrons. The van der Waals surface area contributed by atoms with Gasteiger partial charge in [-0.05, 0) is 25.1 Å². The highest BCUT2D eigenvalue weighted by atomic mass is 32.1. The van der Waals surface area contributed by atoms with E-state index >= 15 is 0 Å². The maximum atomic E-state index is 11.9. The fraction of sp³-hybridized carbons (Fsp3) is 0.214. The number of benzene rings is 1. The zero-order valence-electron chi connectivity index (χ0n) is 11.8. The Morgan fingerprint density at radius 1 is 1.24 bits per heavy atom. The summed E-state index contributed by atoms with van der Waals surface area (Å²) in [5.74, 6) is -0.141. The van der Waals surface area contributed by atoms with E-state index in [-0.39, 0.29) is 18.4 Å². The lowest BCUT2D eigenvalue weighted by Gasteiger charge is -2.08. The Bertz CT molecular complexity index is 654. The summed E-state index contributed by atoms with van der Waals surface area (Å²) in [4.78, 5) is 27.4. The molecule has 0 saturated heterocycles. The highest BCUT2D eigenvalue weighted by Gasteiger charge is 2.07. The number of carbonyl (C=O) groups is 2. The first-order valence-corrected chi connectivity index (χ1v) is 7.24. The smallest absolute Gasteiger partial charge is 0.318 e. The predicted molar refractivity (Wildman–Crippen MR) is 83.7 cm³/mol. The summed E-state index contributed by atoms with van der Waals surface area (Å²) < 4.78 is 0. The molecule has 3 N–H and O–H groups in total. The molecule has 1 aromatic carbocycles. The van der Waals surface area contributed by atoms with Crippen LogP contribution in [0, 0.1) is 6.92 Å². The highest BCUT2D eigenvalue weighted by molar-refractivity contribution is 7.09. The van der Waals surface area contributed by atoms with Crippen LogP contribution in [0.15, 0.2) is 29.6 Å². The van der Waals surface area contributed by atoms with Crippen molar-refractivity contribution >= 4 is 34.6 Å². The SMILES string of the molecule is CNC(=O)Nc1cccc(NC(=O)Cc2csc(C)n2)c1. The Kier molecular flexibility index (Phi) is 4.89. The molecule has 7 heteroatoms. The molecule has 0 aliphatic heterocycles. The van der Waals surface area contributed by atoms with E-state index in [1.165, 1.54) is 18.4 Å².